The number of esters is 1. The Morgan fingerprint density at radius 2 is 1.75 bits per heavy atom. The number of methoxy groups -OCH3 is 1. The monoisotopic (exact) mass is 401 g/mol. The molecule has 148 valence electrons. The summed E-state index contributed by atoms with van der Waals surface area (Å²) >= 11 is 0. The number of carbonyl (C=O) groups is 2. The van der Waals surface area contributed by atoms with Crippen LogP contribution in [-0.4, -0.2) is 27.3 Å². The Bertz CT molecular complexity index is 967. The van der Waals surface area contributed by atoms with Gasteiger partial charge in [0.05, 0.1) is 25.0 Å². The van der Waals surface area contributed by atoms with Crippen LogP contribution in [0.5, 0.6) is 0 Å². The first kappa shape index (κ1) is 20.1. The van der Waals surface area contributed by atoms with E-state index in [2.05, 4.69) is 9.46 Å². The first-order chi connectivity index (χ1) is 13.4. The molecule has 2 aliphatic rings. The summed E-state index contributed by atoms with van der Waals surface area (Å²) in [6.45, 7) is 0. The van der Waals surface area contributed by atoms with Crippen molar-refractivity contribution in [1.82, 2.24) is 0 Å². The van der Waals surface area contributed by atoms with E-state index in [0.717, 1.165) is 24.0 Å². The molecule has 1 heterocycles. The maximum absolute atomic E-state index is 11.9. The largest absolute Gasteiger partial charge is 0.469 e. The molecule has 2 aromatic rings. The van der Waals surface area contributed by atoms with E-state index in [-0.39, 0.29) is 30.3 Å². The van der Waals surface area contributed by atoms with Crippen LogP contribution in [0.4, 0.5) is 5.69 Å². The topological polar surface area (TPSA) is 89.5 Å². The van der Waals surface area contributed by atoms with Gasteiger partial charge in [0, 0.05) is 12.0 Å². The van der Waals surface area contributed by atoms with Gasteiger partial charge in [-0.05, 0) is 48.1 Å². The number of fused-ring (bicyclic) bond motifs is 2. The molecule has 0 fully saturated rings. The predicted octanol–water partition coefficient (Wildman–Crippen LogP) is 3.25. The van der Waals surface area contributed by atoms with E-state index >= 15 is 0 Å². The van der Waals surface area contributed by atoms with Gasteiger partial charge in [-0.15, -0.1) is 0 Å². The van der Waals surface area contributed by atoms with Gasteiger partial charge in [-0.3, -0.25) is 14.3 Å². The third-order valence-corrected chi connectivity index (χ3v) is 6.05. The van der Waals surface area contributed by atoms with Crippen molar-refractivity contribution in [3.8, 4) is 0 Å². The highest BCUT2D eigenvalue weighted by Crippen LogP contribution is 2.25. The Morgan fingerprint density at radius 1 is 1.00 bits per heavy atom. The number of benzene rings is 2. The smallest absolute Gasteiger partial charge is 0.305 e. The maximum atomic E-state index is 11.9. The number of carbonyl (C=O) groups excluding carboxylic acids is 2. The number of anilines is 1. The highest BCUT2D eigenvalue weighted by Gasteiger charge is 2.22. The molecule has 0 aromatic heterocycles. The first-order valence-corrected chi connectivity index (χ1v) is 10.8. The SMILES string of the molecule is COC(=O)CCC(=O)c1ccc2c(c1)CCC2.O=S1(=O)Cc2ccccc2N1. The number of nitrogens with one attached hydrogen (secondary N) is 1. The molecule has 7 heteroatoms. The van der Waals surface area contributed by atoms with Gasteiger partial charge in [0.15, 0.2) is 5.78 Å². The molecule has 0 saturated heterocycles. The van der Waals surface area contributed by atoms with Gasteiger partial charge in [-0.25, -0.2) is 8.42 Å². The minimum atomic E-state index is -3.06. The number of aryl methyl sites for hydroxylation is 2. The molecule has 6 nitrogen and oxygen atoms in total. The van der Waals surface area contributed by atoms with Crippen LogP contribution >= 0.6 is 0 Å². The number of para-hydroxylation sites is 1. The van der Waals surface area contributed by atoms with Crippen molar-refractivity contribution in [3.63, 3.8) is 0 Å². The Balaban J connectivity index is 0.000000176. The third-order valence-electron chi connectivity index (χ3n) is 4.83. The standard InChI is InChI=1S/C14H16O3.C7H7NO2S/c1-17-14(16)8-7-13(15)12-6-5-10-3-2-4-11(10)9-12;9-11(10)5-6-3-1-2-4-7(6)8-11/h5-6,9H,2-4,7-8H2,1H3;1-4,8H,5H2. The molecule has 0 bridgehead atoms. The second kappa shape index (κ2) is 8.56. The summed E-state index contributed by atoms with van der Waals surface area (Å²) < 4.78 is 28.9. The molecule has 0 radical (unpaired) electrons. The zero-order valence-corrected chi connectivity index (χ0v) is 16.6. The van der Waals surface area contributed by atoms with Crippen molar-refractivity contribution in [1.29, 1.82) is 0 Å². The summed E-state index contributed by atoms with van der Waals surface area (Å²) in [5.41, 5.74) is 4.93. The van der Waals surface area contributed by atoms with Gasteiger partial charge >= 0.3 is 5.97 Å². The third kappa shape index (κ3) is 4.98. The molecule has 0 amide bonds. The van der Waals surface area contributed by atoms with Gasteiger partial charge in [-0.1, -0.05) is 30.3 Å². The van der Waals surface area contributed by atoms with Gasteiger partial charge in [0.25, 0.3) is 0 Å². The lowest BCUT2D eigenvalue weighted by molar-refractivity contribution is -0.140. The van der Waals surface area contributed by atoms with E-state index in [4.69, 9.17) is 0 Å². The molecule has 0 unspecified atom stereocenters. The fourth-order valence-electron chi connectivity index (χ4n) is 3.36. The molecule has 1 aliphatic heterocycles. The van der Waals surface area contributed by atoms with Crippen LogP contribution in [0, 0.1) is 0 Å². The second-order valence-electron chi connectivity index (χ2n) is 6.85. The molecule has 1 aliphatic carbocycles. The van der Waals surface area contributed by atoms with Crippen LogP contribution in [0.1, 0.15) is 46.3 Å². The summed E-state index contributed by atoms with van der Waals surface area (Å²) in [5.74, 6) is -0.201. The lowest BCUT2D eigenvalue weighted by atomic mass is 10.0. The van der Waals surface area contributed by atoms with Crippen molar-refractivity contribution in [2.24, 2.45) is 0 Å². The van der Waals surface area contributed by atoms with Crippen LogP contribution in [0.25, 0.3) is 0 Å². The van der Waals surface area contributed by atoms with Crippen molar-refractivity contribution in [2.45, 2.75) is 37.9 Å². The molecular weight excluding hydrogens is 378 g/mol. The summed E-state index contributed by atoms with van der Waals surface area (Å²) in [6.07, 6.45) is 3.74. The van der Waals surface area contributed by atoms with E-state index in [0.29, 0.717) is 5.69 Å². The Hall–Kier alpha value is -2.67. The molecule has 0 saturated carbocycles. The summed E-state index contributed by atoms with van der Waals surface area (Å²) in [7, 11) is -1.72. The van der Waals surface area contributed by atoms with E-state index in [9.17, 15) is 18.0 Å². The van der Waals surface area contributed by atoms with Crippen LogP contribution in [-0.2, 0) is 38.1 Å². The fourth-order valence-corrected chi connectivity index (χ4v) is 4.63. The number of hydrogen-bond donors (Lipinski definition) is 1. The van der Waals surface area contributed by atoms with Gasteiger partial charge < -0.3 is 4.74 Å². The van der Waals surface area contributed by atoms with Crippen LogP contribution in [0.15, 0.2) is 42.5 Å². The van der Waals surface area contributed by atoms with Crippen molar-refractivity contribution >= 4 is 27.5 Å². The van der Waals surface area contributed by atoms with Crippen LogP contribution in [0.2, 0.25) is 0 Å². The van der Waals surface area contributed by atoms with Gasteiger partial charge in [0.2, 0.25) is 10.0 Å². The van der Waals surface area contributed by atoms with Crippen molar-refractivity contribution in [3.05, 3.63) is 64.7 Å². The van der Waals surface area contributed by atoms with Crippen LogP contribution in [0.3, 0.4) is 0 Å². The second-order valence-corrected chi connectivity index (χ2v) is 8.58. The molecule has 4 rings (SSSR count). The van der Waals surface area contributed by atoms with Crippen LogP contribution < -0.4 is 4.72 Å². The van der Waals surface area contributed by atoms with Crippen molar-refractivity contribution in [2.75, 3.05) is 11.8 Å². The Kier molecular flexibility index (Phi) is 6.14. The average Bonchev–Trinajstić information content (AvgIpc) is 3.27. The number of sulfonamides is 1. The number of ketones is 1. The molecule has 0 spiro atoms. The van der Waals surface area contributed by atoms with E-state index in [1.54, 1.807) is 6.07 Å². The first-order valence-electron chi connectivity index (χ1n) is 9.18. The quantitative estimate of drug-likeness (QED) is 0.627. The maximum Gasteiger partial charge on any atom is 0.305 e. The Labute approximate surface area is 165 Å². The lowest BCUT2D eigenvalue weighted by Gasteiger charge is -2.04. The number of hydrogen-bond acceptors (Lipinski definition) is 5. The van der Waals surface area contributed by atoms with E-state index < -0.39 is 10.0 Å². The van der Waals surface area contributed by atoms with E-state index in [1.165, 1.54) is 24.7 Å². The fraction of sp³-hybridized carbons (Fsp3) is 0.333. The number of ether oxygens (including phenoxy) is 1. The lowest BCUT2D eigenvalue weighted by Crippen LogP contribution is -2.06. The molecule has 2 aromatic carbocycles. The summed E-state index contributed by atoms with van der Waals surface area (Å²) in [4.78, 5) is 22.8. The zero-order valence-electron chi connectivity index (χ0n) is 15.7. The normalized spacial score (nSPS) is 15.5. The molecule has 28 heavy (non-hydrogen) atoms. The summed E-state index contributed by atoms with van der Waals surface area (Å²) in [5, 5.41) is 0. The van der Waals surface area contributed by atoms with Crippen molar-refractivity contribution < 1.29 is 22.7 Å². The average molecular weight is 401 g/mol. The summed E-state index contributed by atoms with van der Waals surface area (Å²) in [6, 6.07) is 13.1. The van der Waals surface area contributed by atoms with E-state index in [1.807, 2.05) is 36.4 Å². The highest BCUT2D eigenvalue weighted by molar-refractivity contribution is 7.92. The number of rotatable bonds is 4. The minimum absolute atomic E-state index is 0.0186. The minimum Gasteiger partial charge on any atom is -0.469 e. The predicted molar refractivity (Wildman–Crippen MR) is 107 cm³/mol. The van der Waals surface area contributed by atoms with Gasteiger partial charge in [-0.2, -0.15) is 0 Å². The zero-order chi connectivity index (χ0) is 20.1. The molecular formula is C21H23NO5S. The molecule has 1 N–H and O–H groups in total. The van der Waals surface area contributed by atoms with Gasteiger partial charge in [0.1, 0.15) is 0 Å². The highest BCUT2D eigenvalue weighted by atomic mass is 32.2. The number of Topliss-reactive ketones (excluding diaryl/α,β-unsaturated/α-hetero) is 1. The molecule has 0 atom stereocenters. The Morgan fingerprint density at radius 3 is 2.50 bits per heavy atom.